The Balaban J connectivity index is 2.01. The Kier molecular flexibility index (Phi) is 5.53. The quantitative estimate of drug-likeness (QED) is 0.889. The monoisotopic (exact) mass is 314 g/mol. The Labute approximate surface area is 133 Å². The third-order valence-corrected chi connectivity index (χ3v) is 2.88. The predicted octanol–water partition coefficient (Wildman–Crippen LogP) is 3.11. The Morgan fingerprint density at radius 2 is 2.00 bits per heavy atom. The first-order valence-electron chi connectivity index (χ1n) is 6.98. The Morgan fingerprint density at radius 3 is 2.70 bits per heavy atom. The fraction of sp³-hybridized carbons (Fsp3) is 0.176. The van der Waals surface area contributed by atoms with Gasteiger partial charge >= 0.3 is 0 Å². The summed E-state index contributed by atoms with van der Waals surface area (Å²) in [5.74, 6) is -0.295. The first-order chi connectivity index (χ1) is 11.1. The number of hydrogen-bond donors (Lipinski definition) is 1. The molecule has 0 aliphatic carbocycles. The third-order valence-electron chi connectivity index (χ3n) is 2.88. The van der Waals surface area contributed by atoms with Gasteiger partial charge in [-0.05, 0) is 31.2 Å². The summed E-state index contributed by atoms with van der Waals surface area (Å²) >= 11 is 0. The molecule has 0 spiro atoms. The van der Waals surface area contributed by atoms with Crippen molar-refractivity contribution in [3.63, 3.8) is 0 Å². The topological polar surface area (TPSA) is 71.3 Å². The lowest BCUT2D eigenvalue weighted by molar-refractivity contribution is -0.118. The molecule has 2 aromatic rings. The number of nitrogens with zero attached hydrogens (tertiary/aromatic N) is 1. The molecule has 2 rings (SSSR count). The predicted molar refractivity (Wildman–Crippen MR) is 82.9 cm³/mol. The number of nitriles is 1. The minimum atomic E-state index is -0.519. The number of halogens is 1. The molecule has 0 aliphatic rings. The average molecular weight is 314 g/mol. The van der Waals surface area contributed by atoms with Crippen LogP contribution in [-0.4, -0.2) is 19.1 Å². The Morgan fingerprint density at radius 1 is 1.22 bits per heavy atom. The Bertz CT molecular complexity index is 741. The molecular formula is C17H15FN2O3. The molecule has 0 fully saturated rings. The molecule has 0 bridgehead atoms. The van der Waals surface area contributed by atoms with Crippen molar-refractivity contribution in [1.29, 1.82) is 5.26 Å². The zero-order chi connectivity index (χ0) is 16.7. The first kappa shape index (κ1) is 16.3. The zero-order valence-corrected chi connectivity index (χ0v) is 12.5. The highest BCUT2D eigenvalue weighted by Gasteiger charge is 2.10. The van der Waals surface area contributed by atoms with E-state index in [2.05, 4.69) is 5.32 Å². The molecule has 6 heteroatoms. The van der Waals surface area contributed by atoms with Crippen LogP contribution in [-0.2, 0) is 4.79 Å². The van der Waals surface area contributed by atoms with Crippen LogP contribution >= 0.6 is 0 Å². The maximum Gasteiger partial charge on any atom is 0.262 e. The number of amides is 1. The summed E-state index contributed by atoms with van der Waals surface area (Å²) in [6.45, 7) is 1.89. The van der Waals surface area contributed by atoms with E-state index in [1.807, 2.05) is 6.07 Å². The maximum atomic E-state index is 13.5. The molecule has 0 saturated heterocycles. The van der Waals surface area contributed by atoms with Gasteiger partial charge in [-0.25, -0.2) is 4.39 Å². The van der Waals surface area contributed by atoms with E-state index >= 15 is 0 Å². The van der Waals surface area contributed by atoms with Crippen LogP contribution in [0.25, 0.3) is 0 Å². The fourth-order valence-electron chi connectivity index (χ4n) is 1.86. The highest BCUT2D eigenvalue weighted by Crippen LogP contribution is 2.28. The molecule has 23 heavy (non-hydrogen) atoms. The van der Waals surface area contributed by atoms with Gasteiger partial charge in [-0.2, -0.15) is 5.26 Å². The number of benzene rings is 2. The van der Waals surface area contributed by atoms with E-state index in [4.69, 9.17) is 14.7 Å². The smallest absolute Gasteiger partial charge is 0.262 e. The highest BCUT2D eigenvalue weighted by atomic mass is 19.1. The van der Waals surface area contributed by atoms with E-state index in [0.29, 0.717) is 23.7 Å². The van der Waals surface area contributed by atoms with E-state index in [9.17, 15) is 9.18 Å². The van der Waals surface area contributed by atoms with Crippen LogP contribution in [0.5, 0.6) is 11.5 Å². The van der Waals surface area contributed by atoms with Gasteiger partial charge in [0.15, 0.2) is 18.1 Å². The number of hydrogen-bond acceptors (Lipinski definition) is 4. The summed E-state index contributed by atoms with van der Waals surface area (Å²) in [5, 5.41) is 11.3. The van der Waals surface area contributed by atoms with E-state index in [-0.39, 0.29) is 12.3 Å². The molecule has 1 N–H and O–H groups in total. The summed E-state index contributed by atoms with van der Waals surface area (Å²) in [6.07, 6.45) is 0. The molecular weight excluding hydrogens is 299 g/mol. The van der Waals surface area contributed by atoms with Crippen molar-refractivity contribution >= 4 is 11.6 Å². The van der Waals surface area contributed by atoms with E-state index in [0.717, 1.165) is 0 Å². The highest BCUT2D eigenvalue weighted by molar-refractivity contribution is 5.92. The van der Waals surface area contributed by atoms with Crippen molar-refractivity contribution < 1.29 is 18.7 Å². The number of anilines is 1. The first-order valence-corrected chi connectivity index (χ1v) is 6.98. The van der Waals surface area contributed by atoms with Crippen LogP contribution in [0.4, 0.5) is 10.1 Å². The van der Waals surface area contributed by atoms with E-state index in [1.54, 1.807) is 25.1 Å². The Hall–Kier alpha value is -3.07. The largest absolute Gasteiger partial charge is 0.490 e. The van der Waals surface area contributed by atoms with Crippen molar-refractivity contribution in [2.75, 3.05) is 18.5 Å². The van der Waals surface area contributed by atoms with Crippen LogP contribution in [0.2, 0.25) is 0 Å². The normalized spacial score (nSPS) is 9.78. The number of ether oxygens (including phenoxy) is 2. The van der Waals surface area contributed by atoms with E-state index < -0.39 is 11.7 Å². The van der Waals surface area contributed by atoms with Crippen molar-refractivity contribution in [3.8, 4) is 17.6 Å². The minimum Gasteiger partial charge on any atom is -0.490 e. The second-order valence-electron chi connectivity index (χ2n) is 4.52. The molecule has 0 saturated carbocycles. The van der Waals surface area contributed by atoms with Gasteiger partial charge in [0.2, 0.25) is 0 Å². The maximum absolute atomic E-state index is 13.5. The van der Waals surface area contributed by atoms with Gasteiger partial charge < -0.3 is 14.8 Å². The van der Waals surface area contributed by atoms with Gasteiger partial charge in [0, 0.05) is 6.07 Å². The summed E-state index contributed by atoms with van der Waals surface area (Å²) in [7, 11) is 0. The summed E-state index contributed by atoms with van der Waals surface area (Å²) in [5.41, 5.74) is 0.516. The lowest BCUT2D eigenvalue weighted by atomic mass is 10.2. The molecule has 0 aromatic heterocycles. The van der Waals surface area contributed by atoms with Crippen molar-refractivity contribution in [2.24, 2.45) is 0 Å². The van der Waals surface area contributed by atoms with Gasteiger partial charge in [0.1, 0.15) is 5.82 Å². The molecule has 0 atom stereocenters. The SMILES string of the molecule is CCOc1cc(C#N)ccc1OCC(=O)Nc1ccccc1F. The molecule has 0 unspecified atom stereocenters. The number of para-hydroxylation sites is 1. The lowest BCUT2D eigenvalue weighted by Gasteiger charge is -2.12. The van der Waals surface area contributed by atoms with Crippen LogP contribution < -0.4 is 14.8 Å². The average Bonchev–Trinajstić information content (AvgIpc) is 2.56. The molecule has 118 valence electrons. The second-order valence-corrected chi connectivity index (χ2v) is 4.52. The summed E-state index contributed by atoms with van der Waals surface area (Å²) in [6, 6.07) is 12.5. The molecule has 1 amide bonds. The summed E-state index contributed by atoms with van der Waals surface area (Å²) in [4.78, 5) is 11.8. The van der Waals surface area contributed by atoms with Crippen molar-refractivity contribution in [1.82, 2.24) is 0 Å². The van der Waals surface area contributed by atoms with Crippen molar-refractivity contribution in [2.45, 2.75) is 6.92 Å². The van der Waals surface area contributed by atoms with Crippen LogP contribution in [0.3, 0.4) is 0 Å². The molecule has 5 nitrogen and oxygen atoms in total. The molecule has 0 radical (unpaired) electrons. The number of rotatable bonds is 6. The van der Waals surface area contributed by atoms with E-state index in [1.165, 1.54) is 24.3 Å². The van der Waals surface area contributed by atoms with Gasteiger partial charge in [0.05, 0.1) is 23.9 Å². The number of carbonyl (C=O) groups is 1. The minimum absolute atomic E-state index is 0.0889. The van der Waals surface area contributed by atoms with Crippen molar-refractivity contribution in [3.05, 3.63) is 53.8 Å². The van der Waals surface area contributed by atoms with Crippen LogP contribution in [0, 0.1) is 17.1 Å². The van der Waals surface area contributed by atoms with Gasteiger partial charge in [-0.15, -0.1) is 0 Å². The fourth-order valence-corrected chi connectivity index (χ4v) is 1.86. The standard InChI is InChI=1S/C17H15FN2O3/c1-2-22-16-9-12(10-19)7-8-15(16)23-11-17(21)20-14-6-4-3-5-13(14)18/h3-9H,2,11H2,1H3,(H,20,21). The zero-order valence-electron chi connectivity index (χ0n) is 12.5. The van der Waals surface area contributed by atoms with Gasteiger partial charge in [-0.3, -0.25) is 4.79 Å². The van der Waals surface area contributed by atoms with Crippen LogP contribution in [0.1, 0.15) is 12.5 Å². The molecule has 0 heterocycles. The third kappa shape index (κ3) is 4.45. The second kappa shape index (κ2) is 7.80. The van der Waals surface area contributed by atoms with Gasteiger partial charge in [-0.1, -0.05) is 12.1 Å². The summed E-state index contributed by atoms with van der Waals surface area (Å²) < 4.78 is 24.2. The molecule has 2 aromatic carbocycles. The van der Waals surface area contributed by atoms with Gasteiger partial charge in [0.25, 0.3) is 5.91 Å². The number of nitrogens with one attached hydrogen (secondary N) is 1. The number of carbonyl (C=O) groups excluding carboxylic acids is 1. The molecule has 0 aliphatic heterocycles. The van der Waals surface area contributed by atoms with Crippen LogP contribution in [0.15, 0.2) is 42.5 Å². The lowest BCUT2D eigenvalue weighted by Crippen LogP contribution is -2.21.